The van der Waals surface area contributed by atoms with E-state index in [1.54, 1.807) is 0 Å². The van der Waals surface area contributed by atoms with E-state index in [1.807, 2.05) is 12.1 Å². The van der Waals surface area contributed by atoms with Crippen molar-refractivity contribution >= 4 is 21.7 Å². The SMILES string of the molecule is Cc1ccccc1Cc1nc2c(=O)[nH]cnc2s1. The quantitative estimate of drug-likeness (QED) is 0.766. The number of aryl methyl sites for hydroxylation is 1. The van der Waals surface area contributed by atoms with Crippen LogP contribution in [0.3, 0.4) is 0 Å². The average Bonchev–Trinajstić information content (AvgIpc) is 2.76. The maximum atomic E-state index is 11.6. The molecule has 0 bridgehead atoms. The number of hydrogen-bond acceptors (Lipinski definition) is 4. The van der Waals surface area contributed by atoms with Crippen molar-refractivity contribution in [2.24, 2.45) is 0 Å². The monoisotopic (exact) mass is 257 g/mol. The van der Waals surface area contributed by atoms with Crippen molar-refractivity contribution in [3.63, 3.8) is 0 Å². The summed E-state index contributed by atoms with van der Waals surface area (Å²) < 4.78 is 0. The molecule has 0 fully saturated rings. The molecule has 2 aromatic heterocycles. The van der Waals surface area contributed by atoms with Crippen LogP contribution in [0.25, 0.3) is 10.3 Å². The van der Waals surface area contributed by atoms with E-state index in [2.05, 4.69) is 34.0 Å². The molecule has 3 rings (SSSR count). The van der Waals surface area contributed by atoms with Crippen molar-refractivity contribution in [3.05, 3.63) is 57.1 Å². The topological polar surface area (TPSA) is 58.6 Å². The Morgan fingerprint density at radius 1 is 1.33 bits per heavy atom. The van der Waals surface area contributed by atoms with Crippen molar-refractivity contribution in [1.82, 2.24) is 15.0 Å². The summed E-state index contributed by atoms with van der Waals surface area (Å²) in [5, 5.41) is 0.920. The van der Waals surface area contributed by atoms with Crippen LogP contribution in [-0.2, 0) is 6.42 Å². The molecular formula is C13H11N3OS. The van der Waals surface area contributed by atoms with Crippen LogP contribution in [0.15, 0.2) is 35.4 Å². The number of aromatic nitrogens is 3. The van der Waals surface area contributed by atoms with E-state index in [0.717, 1.165) is 11.4 Å². The van der Waals surface area contributed by atoms with Gasteiger partial charge in [0.25, 0.3) is 5.56 Å². The number of nitrogens with zero attached hydrogens (tertiary/aromatic N) is 2. The van der Waals surface area contributed by atoms with Gasteiger partial charge in [-0.1, -0.05) is 35.6 Å². The summed E-state index contributed by atoms with van der Waals surface area (Å²) in [4.78, 5) is 23.3. The van der Waals surface area contributed by atoms with Crippen LogP contribution in [0.4, 0.5) is 0 Å². The molecule has 4 nitrogen and oxygen atoms in total. The Bertz CT molecular complexity index is 760. The summed E-state index contributed by atoms with van der Waals surface area (Å²) in [7, 11) is 0. The summed E-state index contributed by atoms with van der Waals surface area (Å²) >= 11 is 1.47. The minimum Gasteiger partial charge on any atom is -0.311 e. The Morgan fingerprint density at radius 2 is 2.17 bits per heavy atom. The maximum absolute atomic E-state index is 11.6. The molecule has 3 aromatic rings. The Balaban J connectivity index is 2.04. The van der Waals surface area contributed by atoms with E-state index >= 15 is 0 Å². The van der Waals surface area contributed by atoms with Gasteiger partial charge in [0.15, 0.2) is 10.3 Å². The molecule has 90 valence electrons. The van der Waals surface area contributed by atoms with Gasteiger partial charge in [-0.3, -0.25) is 4.79 Å². The Kier molecular flexibility index (Phi) is 2.68. The third-order valence-electron chi connectivity index (χ3n) is 2.85. The summed E-state index contributed by atoms with van der Waals surface area (Å²) in [5.41, 5.74) is 2.73. The van der Waals surface area contributed by atoms with E-state index in [4.69, 9.17) is 0 Å². The first kappa shape index (κ1) is 11.1. The van der Waals surface area contributed by atoms with Crippen LogP contribution in [0.2, 0.25) is 0 Å². The van der Waals surface area contributed by atoms with E-state index in [1.165, 1.54) is 28.8 Å². The van der Waals surface area contributed by atoms with Crippen LogP contribution in [-0.4, -0.2) is 15.0 Å². The minimum absolute atomic E-state index is 0.174. The molecule has 0 aliphatic carbocycles. The Labute approximate surface area is 107 Å². The van der Waals surface area contributed by atoms with E-state index in [0.29, 0.717) is 10.3 Å². The second-order valence-electron chi connectivity index (χ2n) is 4.10. The molecule has 18 heavy (non-hydrogen) atoms. The molecule has 0 saturated heterocycles. The van der Waals surface area contributed by atoms with Crippen molar-refractivity contribution in [3.8, 4) is 0 Å². The van der Waals surface area contributed by atoms with Crippen LogP contribution in [0.1, 0.15) is 16.1 Å². The molecule has 1 aromatic carbocycles. The summed E-state index contributed by atoms with van der Waals surface area (Å²) in [6, 6.07) is 8.19. The Hall–Kier alpha value is -2.01. The van der Waals surface area contributed by atoms with Crippen LogP contribution < -0.4 is 5.56 Å². The fourth-order valence-corrected chi connectivity index (χ4v) is 2.78. The molecule has 0 spiro atoms. The van der Waals surface area contributed by atoms with Crippen molar-refractivity contribution in [2.75, 3.05) is 0 Å². The predicted octanol–water partition coefficient (Wildman–Crippen LogP) is 2.28. The summed E-state index contributed by atoms with van der Waals surface area (Å²) in [6.45, 7) is 2.08. The second-order valence-corrected chi connectivity index (χ2v) is 5.16. The summed E-state index contributed by atoms with van der Waals surface area (Å²) in [6.07, 6.45) is 2.16. The van der Waals surface area contributed by atoms with E-state index in [-0.39, 0.29) is 5.56 Å². The number of thiazole rings is 1. The molecule has 2 heterocycles. The normalized spacial score (nSPS) is 10.9. The number of fused-ring (bicyclic) bond motifs is 1. The third kappa shape index (κ3) is 1.93. The third-order valence-corrected chi connectivity index (χ3v) is 3.81. The minimum atomic E-state index is -0.174. The smallest absolute Gasteiger partial charge is 0.278 e. The van der Waals surface area contributed by atoms with Crippen LogP contribution in [0, 0.1) is 6.92 Å². The van der Waals surface area contributed by atoms with Gasteiger partial charge < -0.3 is 4.98 Å². The highest BCUT2D eigenvalue weighted by Gasteiger charge is 2.09. The lowest BCUT2D eigenvalue weighted by Crippen LogP contribution is -2.05. The van der Waals surface area contributed by atoms with Gasteiger partial charge >= 0.3 is 0 Å². The van der Waals surface area contributed by atoms with E-state index < -0.39 is 0 Å². The number of hydrogen-bond donors (Lipinski definition) is 1. The zero-order valence-electron chi connectivity index (χ0n) is 9.80. The van der Waals surface area contributed by atoms with Gasteiger partial charge in [-0.25, -0.2) is 9.97 Å². The zero-order valence-corrected chi connectivity index (χ0v) is 10.6. The van der Waals surface area contributed by atoms with Crippen molar-refractivity contribution < 1.29 is 0 Å². The van der Waals surface area contributed by atoms with Gasteiger partial charge in [0.05, 0.1) is 6.33 Å². The van der Waals surface area contributed by atoms with E-state index in [9.17, 15) is 4.79 Å². The van der Waals surface area contributed by atoms with Crippen molar-refractivity contribution in [2.45, 2.75) is 13.3 Å². The molecule has 5 heteroatoms. The van der Waals surface area contributed by atoms with Gasteiger partial charge in [0, 0.05) is 6.42 Å². The van der Waals surface area contributed by atoms with Crippen LogP contribution >= 0.6 is 11.3 Å². The highest BCUT2D eigenvalue weighted by molar-refractivity contribution is 7.18. The zero-order chi connectivity index (χ0) is 12.5. The fraction of sp³-hybridized carbons (Fsp3) is 0.154. The first-order valence-corrected chi connectivity index (χ1v) is 6.43. The fourth-order valence-electron chi connectivity index (χ4n) is 1.86. The van der Waals surface area contributed by atoms with Gasteiger partial charge in [0.2, 0.25) is 0 Å². The molecule has 0 atom stereocenters. The number of aromatic amines is 1. The highest BCUT2D eigenvalue weighted by atomic mass is 32.1. The Morgan fingerprint density at radius 3 is 2.94 bits per heavy atom. The number of rotatable bonds is 2. The largest absolute Gasteiger partial charge is 0.311 e. The molecule has 0 amide bonds. The van der Waals surface area contributed by atoms with Crippen LogP contribution in [0.5, 0.6) is 0 Å². The number of benzene rings is 1. The standard InChI is InChI=1S/C13H11N3OS/c1-8-4-2-3-5-9(8)6-10-16-11-12(17)14-7-15-13(11)18-10/h2-5,7H,6H2,1H3,(H,14,15,17). The number of nitrogens with one attached hydrogen (secondary N) is 1. The highest BCUT2D eigenvalue weighted by Crippen LogP contribution is 2.20. The molecule has 0 aliphatic rings. The lowest BCUT2D eigenvalue weighted by atomic mass is 10.1. The van der Waals surface area contributed by atoms with Gasteiger partial charge in [0.1, 0.15) is 5.01 Å². The number of H-pyrrole nitrogens is 1. The summed E-state index contributed by atoms with van der Waals surface area (Å²) in [5.74, 6) is 0. The second kappa shape index (κ2) is 4.34. The van der Waals surface area contributed by atoms with Gasteiger partial charge in [-0.2, -0.15) is 0 Å². The van der Waals surface area contributed by atoms with Crippen molar-refractivity contribution in [1.29, 1.82) is 0 Å². The van der Waals surface area contributed by atoms with Gasteiger partial charge in [-0.15, -0.1) is 0 Å². The lowest BCUT2D eigenvalue weighted by molar-refractivity contribution is 1.11. The van der Waals surface area contributed by atoms with Gasteiger partial charge in [-0.05, 0) is 18.1 Å². The lowest BCUT2D eigenvalue weighted by Gasteiger charge is -2.01. The molecule has 0 unspecified atom stereocenters. The first-order chi connectivity index (χ1) is 8.74. The average molecular weight is 257 g/mol. The predicted molar refractivity (Wildman–Crippen MR) is 72.0 cm³/mol. The maximum Gasteiger partial charge on any atom is 0.278 e. The molecule has 0 aliphatic heterocycles. The first-order valence-electron chi connectivity index (χ1n) is 5.61. The molecule has 0 saturated carbocycles. The molecule has 1 N–H and O–H groups in total. The molecular weight excluding hydrogens is 246 g/mol. The molecule has 0 radical (unpaired) electrons.